The van der Waals surface area contributed by atoms with E-state index in [2.05, 4.69) is 36.5 Å². The number of hydrogen-bond acceptors (Lipinski definition) is 5. The van der Waals surface area contributed by atoms with Gasteiger partial charge in [0, 0.05) is 11.4 Å². The third kappa shape index (κ3) is 6.76. The molecule has 0 aromatic heterocycles. The van der Waals surface area contributed by atoms with Gasteiger partial charge in [-0.25, -0.2) is 8.42 Å². The predicted octanol–water partition coefficient (Wildman–Crippen LogP) is 4.50. The van der Waals surface area contributed by atoms with Crippen LogP contribution in [0, 0.1) is 6.92 Å². The molecule has 6 nitrogen and oxygen atoms in total. The summed E-state index contributed by atoms with van der Waals surface area (Å²) in [6.45, 7) is 2.17. The smallest absolute Gasteiger partial charge is 0.264 e. The Balaban J connectivity index is 1.66. The van der Waals surface area contributed by atoms with Crippen molar-refractivity contribution in [2.24, 2.45) is 0 Å². The van der Waals surface area contributed by atoms with Gasteiger partial charge in [0.2, 0.25) is 5.91 Å². The summed E-state index contributed by atoms with van der Waals surface area (Å²) >= 11 is 1.72. The minimum atomic E-state index is -3.97. The summed E-state index contributed by atoms with van der Waals surface area (Å²) in [4.78, 5) is 14.0. The maximum Gasteiger partial charge on any atom is 0.264 e. The number of sulfonamides is 1. The highest BCUT2D eigenvalue weighted by atomic mass is 32.2. The fourth-order valence-electron chi connectivity index (χ4n) is 3.17. The van der Waals surface area contributed by atoms with Gasteiger partial charge in [-0.15, -0.1) is 11.8 Å². The average molecular weight is 485 g/mol. The molecule has 1 amide bonds. The van der Waals surface area contributed by atoms with E-state index in [9.17, 15) is 13.2 Å². The Morgan fingerprint density at radius 3 is 2.33 bits per heavy atom. The Hall–Kier alpha value is -2.97. The molecule has 8 heteroatoms. The molecule has 0 bridgehead atoms. The normalized spacial score (nSPS) is 11.1. The van der Waals surface area contributed by atoms with Gasteiger partial charge >= 0.3 is 0 Å². The first-order valence-corrected chi connectivity index (χ1v) is 13.0. The zero-order valence-electron chi connectivity index (χ0n) is 18.7. The minimum Gasteiger partial charge on any atom is -0.495 e. The van der Waals surface area contributed by atoms with Gasteiger partial charge < -0.3 is 10.1 Å². The van der Waals surface area contributed by atoms with Crippen LogP contribution in [0.25, 0.3) is 0 Å². The number of amides is 1. The lowest BCUT2D eigenvalue weighted by Gasteiger charge is -2.25. The Bertz CT molecular complexity index is 1150. The number of carbonyl (C=O) groups is 1. The summed E-state index contributed by atoms with van der Waals surface area (Å²) in [5.41, 5.74) is 1.53. The lowest BCUT2D eigenvalue weighted by atomic mass is 10.2. The van der Waals surface area contributed by atoms with Crippen molar-refractivity contribution in [2.75, 3.05) is 30.3 Å². The van der Waals surface area contributed by atoms with Crippen LogP contribution in [0.2, 0.25) is 0 Å². The third-order valence-corrected chi connectivity index (χ3v) is 7.78. The van der Waals surface area contributed by atoms with Crippen LogP contribution in [0.4, 0.5) is 5.69 Å². The first kappa shape index (κ1) is 24.7. The van der Waals surface area contributed by atoms with Gasteiger partial charge in [0.15, 0.2) is 0 Å². The number of methoxy groups -OCH3 is 1. The van der Waals surface area contributed by atoms with Gasteiger partial charge in [-0.2, -0.15) is 0 Å². The Kier molecular flexibility index (Phi) is 8.79. The second-order valence-corrected chi connectivity index (χ2v) is 10.4. The number of benzene rings is 3. The first-order chi connectivity index (χ1) is 15.9. The van der Waals surface area contributed by atoms with Gasteiger partial charge in [0.05, 0.1) is 17.7 Å². The van der Waals surface area contributed by atoms with E-state index in [1.807, 2.05) is 0 Å². The topological polar surface area (TPSA) is 75.7 Å². The molecule has 174 valence electrons. The second-order valence-electron chi connectivity index (χ2n) is 7.36. The maximum absolute atomic E-state index is 13.4. The van der Waals surface area contributed by atoms with E-state index in [1.54, 1.807) is 54.2 Å². The van der Waals surface area contributed by atoms with Crippen molar-refractivity contribution >= 4 is 33.4 Å². The number of thioether (sulfide) groups is 1. The molecule has 3 rings (SSSR count). The molecule has 0 fully saturated rings. The number of nitrogens with one attached hydrogen (secondary N) is 1. The molecule has 0 unspecified atom stereocenters. The van der Waals surface area contributed by atoms with Crippen molar-refractivity contribution in [2.45, 2.75) is 23.1 Å². The molecular formula is C25H28N2O4S2. The summed E-state index contributed by atoms with van der Waals surface area (Å²) in [6.07, 6.45) is 0.768. The highest BCUT2D eigenvalue weighted by Gasteiger charge is 2.29. The van der Waals surface area contributed by atoms with E-state index in [1.165, 1.54) is 29.7 Å². The number of rotatable bonds is 11. The molecule has 0 radical (unpaired) electrons. The van der Waals surface area contributed by atoms with Crippen molar-refractivity contribution in [1.29, 1.82) is 0 Å². The van der Waals surface area contributed by atoms with Crippen molar-refractivity contribution < 1.29 is 17.9 Å². The zero-order chi connectivity index (χ0) is 23.7. The molecule has 0 saturated heterocycles. The number of nitrogens with zero attached hydrogens (tertiary/aromatic N) is 1. The largest absolute Gasteiger partial charge is 0.495 e. The zero-order valence-corrected chi connectivity index (χ0v) is 20.4. The van der Waals surface area contributed by atoms with Gasteiger partial charge in [-0.3, -0.25) is 9.10 Å². The van der Waals surface area contributed by atoms with Crippen LogP contribution in [-0.4, -0.2) is 40.3 Å². The van der Waals surface area contributed by atoms with E-state index in [0.29, 0.717) is 18.0 Å². The predicted molar refractivity (Wildman–Crippen MR) is 133 cm³/mol. The van der Waals surface area contributed by atoms with Crippen molar-refractivity contribution in [3.63, 3.8) is 0 Å². The average Bonchev–Trinajstić information content (AvgIpc) is 2.84. The van der Waals surface area contributed by atoms with Crippen LogP contribution >= 0.6 is 11.8 Å². The van der Waals surface area contributed by atoms with E-state index in [-0.39, 0.29) is 17.3 Å². The lowest BCUT2D eigenvalue weighted by molar-refractivity contribution is -0.119. The molecule has 1 N–H and O–H groups in total. The molecule has 0 aliphatic carbocycles. The number of hydrogen-bond donors (Lipinski definition) is 1. The molecule has 0 saturated carbocycles. The third-order valence-electron chi connectivity index (χ3n) is 4.91. The summed E-state index contributed by atoms with van der Waals surface area (Å²) in [7, 11) is -2.50. The molecule has 0 spiro atoms. The highest BCUT2D eigenvalue weighted by molar-refractivity contribution is 7.99. The van der Waals surface area contributed by atoms with E-state index < -0.39 is 10.0 Å². The second kappa shape index (κ2) is 11.8. The van der Waals surface area contributed by atoms with Gasteiger partial charge in [-0.05, 0) is 55.5 Å². The van der Waals surface area contributed by atoms with Gasteiger partial charge in [0.25, 0.3) is 10.0 Å². The molecular weight excluding hydrogens is 456 g/mol. The highest BCUT2D eigenvalue weighted by Crippen LogP contribution is 2.32. The van der Waals surface area contributed by atoms with Crippen molar-refractivity contribution in [3.8, 4) is 5.75 Å². The monoisotopic (exact) mass is 484 g/mol. The summed E-state index contributed by atoms with van der Waals surface area (Å²) in [5, 5.41) is 2.84. The quantitative estimate of drug-likeness (QED) is 0.320. The fourth-order valence-corrected chi connectivity index (χ4v) is 5.47. The van der Waals surface area contributed by atoms with Crippen molar-refractivity contribution in [3.05, 3.63) is 84.4 Å². The summed E-state index contributed by atoms with van der Waals surface area (Å²) < 4.78 is 33.2. The Labute approximate surface area is 200 Å². The number of carbonyl (C=O) groups excluding carboxylic acids is 1. The van der Waals surface area contributed by atoms with Crippen LogP contribution in [0.5, 0.6) is 5.75 Å². The van der Waals surface area contributed by atoms with Crippen LogP contribution in [0.1, 0.15) is 12.0 Å². The van der Waals surface area contributed by atoms with Crippen LogP contribution in [0.15, 0.2) is 88.7 Å². The minimum absolute atomic E-state index is 0.109. The van der Waals surface area contributed by atoms with E-state index in [4.69, 9.17) is 4.74 Å². The molecule has 0 aliphatic rings. The first-order valence-electron chi connectivity index (χ1n) is 10.6. The van der Waals surface area contributed by atoms with Crippen LogP contribution in [0.3, 0.4) is 0 Å². The molecule has 0 heterocycles. The number of ether oxygens (including phenoxy) is 1. The standard InChI is InChI=1S/C25H28N2O4S2/c1-20-13-15-21(16-14-20)32-18-8-17-26-25(28)19-27(23-11-6-7-12-24(23)31-2)33(29,30)22-9-4-3-5-10-22/h3-7,9-16H,8,17-19H2,1-2H3,(H,26,28). The Morgan fingerprint density at radius 1 is 0.970 bits per heavy atom. The SMILES string of the molecule is COc1ccccc1N(CC(=O)NCCCSc1ccc(C)cc1)S(=O)(=O)c1ccccc1. The van der Waals surface area contributed by atoms with Crippen molar-refractivity contribution in [1.82, 2.24) is 5.32 Å². The van der Waals surface area contributed by atoms with Gasteiger partial charge in [-0.1, -0.05) is 48.0 Å². The number of para-hydroxylation sites is 2. The lowest BCUT2D eigenvalue weighted by Crippen LogP contribution is -2.41. The van der Waals surface area contributed by atoms with Gasteiger partial charge in [0.1, 0.15) is 12.3 Å². The molecule has 33 heavy (non-hydrogen) atoms. The summed E-state index contributed by atoms with van der Waals surface area (Å²) in [5.74, 6) is 0.849. The molecule has 0 atom stereocenters. The molecule has 0 aliphatic heterocycles. The number of anilines is 1. The Morgan fingerprint density at radius 2 is 1.64 bits per heavy atom. The number of aryl methyl sites for hydroxylation is 1. The molecule has 3 aromatic carbocycles. The summed E-state index contributed by atoms with van der Waals surface area (Å²) in [6, 6.07) is 23.1. The maximum atomic E-state index is 13.4. The van der Waals surface area contributed by atoms with Crippen LogP contribution in [-0.2, 0) is 14.8 Å². The van der Waals surface area contributed by atoms with E-state index >= 15 is 0 Å². The molecule has 3 aromatic rings. The van der Waals surface area contributed by atoms with E-state index in [0.717, 1.165) is 16.5 Å². The fraction of sp³-hybridized carbons (Fsp3) is 0.240. The van der Waals surface area contributed by atoms with Crippen LogP contribution < -0.4 is 14.4 Å².